The third-order valence-corrected chi connectivity index (χ3v) is 4.13. The Hall–Kier alpha value is -0.870. The van der Waals surface area contributed by atoms with E-state index in [4.69, 9.17) is 0 Å². The van der Waals surface area contributed by atoms with Crippen LogP contribution in [-0.4, -0.2) is 25.0 Å². The lowest BCUT2D eigenvalue weighted by Crippen LogP contribution is -2.45. The summed E-state index contributed by atoms with van der Waals surface area (Å²) in [6.07, 6.45) is 2.23. The van der Waals surface area contributed by atoms with E-state index in [-0.39, 0.29) is 5.91 Å². The fourth-order valence-corrected chi connectivity index (χ4v) is 2.95. The van der Waals surface area contributed by atoms with E-state index in [1.165, 1.54) is 10.0 Å². The van der Waals surface area contributed by atoms with Crippen molar-refractivity contribution in [1.29, 1.82) is 0 Å². The van der Waals surface area contributed by atoms with Crippen molar-refractivity contribution in [1.82, 2.24) is 10.6 Å². The summed E-state index contributed by atoms with van der Waals surface area (Å²) in [5, 5.41) is 6.09. The van der Waals surface area contributed by atoms with Crippen molar-refractivity contribution in [2.45, 2.75) is 31.7 Å². The average molecular weight is 311 g/mol. The lowest BCUT2D eigenvalue weighted by molar-refractivity contribution is -0.120. The third kappa shape index (κ3) is 3.33. The van der Waals surface area contributed by atoms with Crippen LogP contribution in [0.3, 0.4) is 0 Å². The molecule has 0 aliphatic heterocycles. The first-order chi connectivity index (χ1) is 8.70. The van der Waals surface area contributed by atoms with Crippen molar-refractivity contribution in [2.75, 3.05) is 13.1 Å². The smallest absolute Gasteiger partial charge is 0.233 e. The molecular formula is C14H19BrN2O. The van der Waals surface area contributed by atoms with Gasteiger partial charge in [0.25, 0.3) is 0 Å². The lowest BCUT2D eigenvalue weighted by Gasteiger charge is -2.36. The van der Waals surface area contributed by atoms with Gasteiger partial charge in [0.1, 0.15) is 0 Å². The minimum atomic E-state index is 0.0850. The van der Waals surface area contributed by atoms with Crippen LogP contribution in [-0.2, 0) is 4.79 Å². The summed E-state index contributed by atoms with van der Waals surface area (Å²) in [5.74, 6) is 0.703. The summed E-state index contributed by atoms with van der Waals surface area (Å²) < 4.78 is 1.19. The van der Waals surface area contributed by atoms with Crippen molar-refractivity contribution < 1.29 is 4.79 Å². The molecule has 0 radical (unpaired) electrons. The van der Waals surface area contributed by atoms with E-state index in [2.05, 4.69) is 44.8 Å². The van der Waals surface area contributed by atoms with E-state index in [1.54, 1.807) is 0 Å². The summed E-state index contributed by atoms with van der Waals surface area (Å²) >= 11 is 3.59. The lowest BCUT2D eigenvalue weighted by atomic mass is 9.76. The molecule has 1 amide bonds. The van der Waals surface area contributed by atoms with E-state index in [1.807, 2.05) is 13.0 Å². The summed E-state index contributed by atoms with van der Waals surface area (Å²) in [4.78, 5) is 11.3. The van der Waals surface area contributed by atoms with Gasteiger partial charge in [-0.25, -0.2) is 0 Å². The Labute approximate surface area is 116 Å². The molecule has 18 heavy (non-hydrogen) atoms. The molecule has 98 valence electrons. The zero-order valence-electron chi connectivity index (χ0n) is 10.6. The fraction of sp³-hybridized carbons (Fsp3) is 0.500. The predicted molar refractivity (Wildman–Crippen MR) is 76.6 cm³/mol. The molecule has 1 saturated carbocycles. The number of hydrogen-bond donors (Lipinski definition) is 2. The normalized spacial score (nSPS) is 22.3. The van der Waals surface area contributed by atoms with E-state index in [0.717, 1.165) is 12.8 Å². The van der Waals surface area contributed by atoms with E-state index < -0.39 is 0 Å². The van der Waals surface area contributed by atoms with Crippen molar-refractivity contribution in [3.8, 4) is 0 Å². The Morgan fingerprint density at radius 3 is 2.78 bits per heavy atom. The number of halogens is 1. The second kappa shape index (κ2) is 6.34. The molecule has 0 spiro atoms. The number of hydrogen-bond acceptors (Lipinski definition) is 2. The number of likely N-dealkylation sites (N-methyl/N-ethyl adjacent to an activating group) is 1. The molecule has 0 unspecified atom stereocenters. The number of rotatable bonds is 5. The fourth-order valence-electron chi connectivity index (χ4n) is 2.34. The van der Waals surface area contributed by atoms with Crippen LogP contribution in [0.2, 0.25) is 0 Å². The minimum absolute atomic E-state index is 0.0850. The number of amides is 1. The molecule has 2 N–H and O–H groups in total. The van der Waals surface area contributed by atoms with Crippen LogP contribution in [0.1, 0.15) is 31.2 Å². The number of carbonyl (C=O) groups is 1. The molecule has 1 aliphatic carbocycles. The first-order valence-electron chi connectivity index (χ1n) is 6.45. The van der Waals surface area contributed by atoms with Gasteiger partial charge in [0.2, 0.25) is 5.91 Å². The van der Waals surface area contributed by atoms with Gasteiger partial charge >= 0.3 is 0 Å². The van der Waals surface area contributed by atoms with Crippen LogP contribution in [0.5, 0.6) is 0 Å². The van der Waals surface area contributed by atoms with Crippen LogP contribution in [0.15, 0.2) is 28.7 Å². The van der Waals surface area contributed by atoms with Crippen molar-refractivity contribution in [3.05, 3.63) is 34.3 Å². The van der Waals surface area contributed by atoms with Crippen molar-refractivity contribution >= 4 is 21.8 Å². The molecule has 0 bridgehead atoms. The molecule has 3 nitrogen and oxygen atoms in total. The summed E-state index contributed by atoms with van der Waals surface area (Å²) in [5.41, 5.74) is 1.38. The first-order valence-corrected chi connectivity index (χ1v) is 7.24. The molecule has 0 aromatic heterocycles. The summed E-state index contributed by atoms with van der Waals surface area (Å²) in [6.45, 7) is 3.07. The quantitative estimate of drug-likeness (QED) is 0.877. The van der Waals surface area contributed by atoms with Crippen molar-refractivity contribution in [3.63, 3.8) is 0 Å². The molecule has 1 aromatic carbocycles. The first kappa shape index (κ1) is 13.6. The Morgan fingerprint density at radius 2 is 2.11 bits per heavy atom. The van der Waals surface area contributed by atoms with Gasteiger partial charge in [-0.15, -0.1) is 0 Å². The molecule has 0 saturated heterocycles. The van der Waals surface area contributed by atoms with Crippen LogP contribution in [0.4, 0.5) is 0 Å². The largest absolute Gasteiger partial charge is 0.355 e. The average Bonchev–Trinajstić information content (AvgIpc) is 2.29. The van der Waals surface area contributed by atoms with E-state index in [9.17, 15) is 4.79 Å². The molecule has 1 aromatic rings. The van der Waals surface area contributed by atoms with Crippen molar-refractivity contribution in [2.24, 2.45) is 0 Å². The van der Waals surface area contributed by atoms with Crippen LogP contribution >= 0.6 is 15.9 Å². The summed E-state index contributed by atoms with van der Waals surface area (Å²) in [7, 11) is 0. The van der Waals surface area contributed by atoms with Crippen LogP contribution in [0, 0.1) is 0 Å². The highest BCUT2D eigenvalue weighted by molar-refractivity contribution is 9.10. The number of benzene rings is 1. The van der Waals surface area contributed by atoms with Gasteiger partial charge in [-0.3, -0.25) is 4.79 Å². The maximum atomic E-state index is 11.3. The Balaban J connectivity index is 1.74. The highest BCUT2D eigenvalue weighted by Crippen LogP contribution is 2.39. The minimum Gasteiger partial charge on any atom is -0.355 e. The van der Waals surface area contributed by atoms with E-state index in [0.29, 0.717) is 25.0 Å². The highest BCUT2D eigenvalue weighted by atomic mass is 79.9. The maximum absolute atomic E-state index is 11.3. The highest BCUT2D eigenvalue weighted by Gasteiger charge is 2.31. The number of carbonyl (C=O) groups excluding carboxylic acids is 1. The van der Waals surface area contributed by atoms with Gasteiger partial charge in [0, 0.05) is 17.1 Å². The molecule has 1 fully saturated rings. The van der Waals surface area contributed by atoms with Gasteiger partial charge in [0.15, 0.2) is 0 Å². The second-order valence-electron chi connectivity index (χ2n) is 4.72. The van der Waals surface area contributed by atoms with Gasteiger partial charge in [-0.2, -0.15) is 0 Å². The van der Waals surface area contributed by atoms with Gasteiger partial charge in [0.05, 0.1) is 6.54 Å². The standard InChI is InChI=1S/C14H19BrN2O/c1-2-16-14(18)9-17-11-7-10(8-11)12-5-3-4-6-13(12)15/h3-6,10-11,17H,2,7-9H2,1H3,(H,16,18). The molecule has 1 aliphatic rings. The molecule has 0 atom stereocenters. The van der Waals surface area contributed by atoms with Gasteiger partial charge in [-0.05, 0) is 37.3 Å². The zero-order valence-corrected chi connectivity index (χ0v) is 12.2. The SMILES string of the molecule is CCNC(=O)CNC1CC(c2ccccc2Br)C1. The Bertz CT molecular complexity index is 416. The predicted octanol–water partition coefficient (Wildman–Crippen LogP) is 2.42. The van der Waals surface area contributed by atoms with Gasteiger partial charge in [-0.1, -0.05) is 34.1 Å². The Morgan fingerprint density at radius 1 is 1.39 bits per heavy atom. The van der Waals surface area contributed by atoms with E-state index >= 15 is 0 Å². The maximum Gasteiger partial charge on any atom is 0.233 e. The monoisotopic (exact) mass is 310 g/mol. The topological polar surface area (TPSA) is 41.1 Å². The third-order valence-electron chi connectivity index (χ3n) is 3.41. The molecular weight excluding hydrogens is 292 g/mol. The molecule has 0 heterocycles. The van der Waals surface area contributed by atoms with Crippen LogP contribution in [0.25, 0.3) is 0 Å². The number of nitrogens with one attached hydrogen (secondary N) is 2. The zero-order chi connectivity index (χ0) is 13.0. The molecule has 2 rings (SSSR count). The van der Waals surface area contributed by atoms with Crippen LogP contribution < -0.4 is 10.6 Å². The van der Waals surface area contributed by atoms with Gasteiger partial charge < -0.3 is 10.6 Å². The Kier molecular flexibility index (Phi) is 4.78. The summed E-state index contributed by atoms with van der Waals surface area (Å²) in [6, 6.07) is 8.86. The molecule has 4 heteroatoms. The second-order valence-corrected chi connectivity index (χ2v) is 5.58.